The number of para-hydroxylation sites is 1. The van der Waals surface area contributed by atoms with Crippen molar-refractivity contribution < 1.29 is 14.5 Å². The van der Waals surface area contributed by atoms with Crippen LogP contribution in [0.5, 0.6) is 0 Å². The summed E-state index contributed by atoms with van der Waals surface area (Å²) in [7, 11) is 3.77. The van der Waals surface area contributed by atoms with Gasteiger partial charge < -0.3 is 14.8 Å². The Morgan fingerprint density at radius 3 is 2.23 bits per heavy atom. The van der Waals surface area contributed by atoms with Gasteiger partial charge in [-0.25, -0.2) is 0 Å². The van der Waals surface area contributed by atoms with E-state index in [1.807, 2.05) is 69.2 Å². The molecule has 3 aromatic rings. The quantitative estimate of drug-likeness (QED) is 0.321. The maximum Gasteiger partial charge on any atom is 0.334 e. The van der Waals surface area contributed by atoms with Gasteiger partial charge in [0, 0.05) is 43.4 Å². The van der Waals surface area contributed by atoms with E-state index in [0.29, 0.717) is 24.2 Å². The van der Waals surface area contributed by atoms with Gasteiger partial charge in [0.05, 0.1) is 4.92 Å². The molecule has 0 saturated heterocycles. The minimum absolute atomic E-state index is 0.292. The molecule has 0 radical (unpaired) electrons. The third kappa shape index (κ3) is 5.61. The van der Waals surface area contributed by atoms with Crippen LogP contribution in [-0.2, 0) is 16.1 Å². The van der Waals surface area contributed by atoms with Crippen molar-refractivity contribution in [2.45, 2.75) is 58.0 Å². The van der Waals surface area contributed by atoms with Gasteiger partial charge in [-0.05, 0) is 62.1 Å². The SMILES string of the molecule is Cc1cccc(C)c1NC(=O)C1(N(C(=O)Cn2cccc([N+](=O)[O-])c2=O)c2cccc(N(C)C)c2)CCCCC1. The number of rotatable bonds is 8. The number of anilines is 3. The van der Waals surface area contributed by atoms with Gasteiger partial charge in [0.2, 0.25) is 5.91 Å². The van der Waals surface area contributed by atoms with E-state index in [1.165, 1.54) is 17.2 Å². The third-order valence-corrected chi connectivity index (χ3v) is 7.61. The number of carbonyl (C=O) groups is 2. The molecule has 0 unspecified atom stereocenters. The number of benzene rings is 2. The highest BCUT2D eigenvalue weighted by Crippen LogP contribution is 2.40. The fraction of sp³-hybridized carbons (Fsp3) is 0.367. The number of aromatic nitrogens is 1. The van der Waals surface area contributed by atoms with E-state index in [2.05, 4.69) is 5.32 Å². The molecule has 1 saturated carbocycles. The van der Waals surface area contributed by atoms with Gasteiger partial charge in [0.15, 0.2) is 0 Å². The highest BCUT2D eigenvalue weighted by Gasteiger charge is 2.48. The number of hydrogen-bond acceptors (Lipinski definition) is 6. The van der Waals surface area contributed by atoms with Crippen molar-refractivity contribution in [1.82, 2.24) is 4.57 Å². The van der Waals surface area contributed by atoms with Crippen molar-refractivity contribution in [2.24, 2.45) is 0 Å². The van der Waals surface area contributed by atoms with Gasteiger partial charge in [0.1, 0.15) is 12.1 Å². The molecule has 0 bridgehead atoms. The summed E-state index contributed by atoms with van der Waals surface area (Å²) in [6.45, 7) is 3.40. The minimum atomic E-state index is -1.22. The number of hydrogen-bond donors (Lipinski definition) is 1. The molecule has 2 amide bonds. The second-order valence-electron chi connectivity index (χ2n) is 10.5. The Balaban J connectivity index is 1.85. The summed E-state index contributed by atoms with van der Waals surface area (Å²) in [6, 6.07) is 15.6. The first-order valence-corrected chi connectivity index (χ1v) is 13.4. The van der Waals surface area contributed by atoms with E-state index in [1.54, 1.807) is 6.07 Å². The number of nitro groups is 1. The smallest absolute Gasteiger partial charge is 0.334 e. The molecule has 0 spiro atoms. The van der Waals surface area contributed by atoms with Crippen molar-refractivity contribution in [3.63, 3.8) is 0 Å². The molecule has 1 aliphatic rings. The van der Waals surface area contributed by atoms with Crippen LogP contribution in [0.2, 0.25) is 0 Å². The number of carbonyl (C=O) groups excluding carboxylic acids is 2. The van der Waals surface area contributed by atoms with Crippen molar-refractivity contribution >= 4 is 34.6 Å². The fourth-order valence-corrected chi connectivity index (χ4v) is 5.47. The Morgan fingerprint density at radius 1 is 0.975 bits per heavy atom. The molecule has 10 heteroatoms. The second kappa shape index (κ2) is 11.7. The lowest BCUT2D eigenvalue weighted by molar-refractivity contribution is -0.386. The molecule has 1 heterocycles. The van der Waals surface area contributed by atoms with Crippen LogP contribution in [0.15, 0.2) is 65.6 Å². The molecule has 2 aromatic carbocycles. The first kappa shape index (κ1) is 28.5. The van der Waals surface area contributed by atoms with Crippen LogP contribution in [0.3, 0.4) is 0 Å². The maximum absolute atomic E-state index is 14.3. The van der Waals surface area contributed by atoms with Crippen LogP contribution < -0.4 is 20.7 Å². The van der Waals surface area contributed by atoms with E-state index in [0.717, 1.165) is 46.7 Å². The molecular weight excluding hydrogens is 510 g/mol. The highest BCUT2D eigenvalue weighted by atomic mass is 16.6. The number of aryl methyl sites for hydroxylation is 2. The van der Waals surface area contributed by atoms with Gasteiger partial charge in [0.25, 0.3) is 5.91 Å². The van der Waals surface area contributed by atoms with E-state index in [4.69, 9.17) is 0 Å². The lowest BCUT2D eigenvalue weighted by Gasteiger charge is -2.45. The average Bonchev–Trinajstić information content (AvgIpc) is 2.92. The lowest BCUT2D eigenvalue weighted by Crippen LogP contribution is -2.61. The molecule has 40 heavy (non-hydrogen) atoms. The molecule has 1 aliphatic carbocycles. The van der Waals surface area contributed by atoms with E-state index < -0.39 is 34.2 Å². The zero-order valence-corrected chi connectivity index (χ0v) is 23.3. The van der Waals surface area contributed by atoms with Crippen LogP contribution in [0.25, 0.3) is 0 Å². The van der Waals surface area contributed by atoms with Gasteiger partial charge in [-0.2, -0.15) is 0 Å². The summed E-state index contributed by atoms with van der Waals surface area (Å²) in [6.07, 6.45) is 4.65. The lowest BCUT2D eigenvalue weighted by atomic mass is 9.78. The molecule has 10 nitrogen and oxygen atoms in total. The molecule has 0 atom stereocenters. The van der Waals surface area contributed by atoms with Crippen molar-refractivity contribution in [3.8, 4) is 0 Å². The highest BCUT2D eigenvalue weighted by molar-refractivity contribution is 6.08. The van der Waals surface area contributed by atoms with Crippen LogP contribution in [-0.4, -0.2) is 40.9 Å². The Labute approximate surface area is 233 Å². The molecular formula is C30H35N5O5. The monoisotopic (exact) mass is 545 g/mol. The molecule has 210 valence electrons. The predicted molar refractivity (Wildman–Crippen MR) is 156 cm³/mol. The van der Waals surface area contributed by atoms with Crippen LogP contribution in [0.4, 0.5) is 22.7 Å². The van der Waals surface area contributed by atoms with Gasteiger partial charge in [-0.15, -0.1) is 0 Å². The zero-order chi connectivity index (χ0) is 29.0. The largest absolute Gasteiger partial charge is 0.378 e. The summed E-state index contributed by atoms with van der Waals surface area (Å²) in [5, 5.41) is 14.5. The third-order valence-electron chi connectivity index (χ3n) is 7.61. The average molecular weight is 546 g/mol. The van der Waals surface area contributed by atoms with Crippen LogP contribution >= 0.6 is 0 Å². The van der Waals surface area contributed by atoms with Gasteiger partial charge >= 0.3 is 11.2 Å². The maximum atomic E-state index is 14.3. The first-order valence-electron chi connectivity index (χ1n) is 13.4. The topological polar surface area (TPSA) is 118 Å². The van der Waals surface area contributed by atoms with Crippen LogP contribution in [0.1, 0.15) is 43.2 Å². The van der Waals surface area contributed by atoms with E-state index >= 15 is 0 Å². The Bertz CT molecular complexity index is 1470. The van der Waals surface area contributed by atoms with Crippen LogP contribution in [0, 0.1) is 24.0 Å². The zero-order valence-electron chi connectivity index (χ0n) is 23.3. The predicted octanol–water partition coefficient (Wildman–Crippen LogP) is 4.81. The van der Waals surface area contributed by atoms with Crippen molar-refractivity contribution in [1.29, 1.82) is 0 Å². The molecule has 1 aromatic heterocycles. The Morgan fingerprint density at radius 2 is 1.60 bits per heavy atom. The fourth-order valence-electron chi connectivity index (χ4n) is 5.47. The number of amides is 2. The molecule has 4 rings (SSSR count). The van der Waals surface area contributed by atoms with Gasteiger partial charge in [-0.1, -0.05) is 43.5 Å². The molecule has 1 N–H and O–H groups in total. The Hall–Kier alpha value is -4.47. The normalized spacial score (nSPS) is 14.3. The summed E-state index contributed by atoms with van der Waals surface area (Å²) in [4.78, 5) is 55.4. The second-order valence-corrected chi connectivity index (χ2v) is 10.5. The van der Waals surface area contributed by atoms with E-state index in [-0.39, 0.29) is 5.91 Å². The minimum Gasteiger partial charge on any atom is -0.378 e. The summed E-state index contributed by atoms with van der Waals surface area (Å²) >= 11 is 0. The summed E-state index contributed by atoms with van der Waals surface area (Å²) in [5.41, 5.74) is 1.18. The number of nitrogens with one attached hydrogen (secondary N) is 1. The first-order chi connectivity index (χ1) is 19.0. The number of nitrogens with zero attached hydrogens (tertiary/aromatic N) is 4. The summed E-state index contributed by atoms with van der Waals surface area (Å²) in [5.74, 6) is -0.795. The molecule has 0 aliphatic heterocycles. The van der Waals surface area contributed by atoms with Crippen molar-refractivity contribution in [3.05, 3.63) is 92.4 Å². The van der Waals surface area contributed by atoms with E-state index in [9.17, 15) is 24.5 Å². The number of pyridine rings is 1. The Kier molecular flexibility index (Phi) is 8.37. The summed E-state index contributed by atoms with van der Waals surface area (Å²) < 4.78 is 1.03. The van der Waals surface area contributed by atoms with Gasteiger partial charge in [-0.3, -0.25) is 29.4 Å². The van der Waals surface area contributed by atoms with Crippen molar-refractivity contribution in [2.75, 3.05) is 29.2 Å². The standard InChI is InChI=1S/C30H35N5O5/c1-21-11-8-12-22(2)27(21)31-29(38)30(16-6-5-7-17-30)34(24-14-9-13-23(19-24)32(3)4)26(36)20-33-18-10-15-25(28(33)37)35(39)40/h8-15,18-19H,5-7,16-17,20H2,1-4H3,(H,31,38). The molecule has 1 fully saturated rings.